The third-order valence-electron chi connectivity index (χ3n) is 21.7. The van der Waals surface area contributed by atoms with Gasteiger partial charge in [0.2, 0.25) is 0 Å². The number of pyridine rings is 4. The van der Waals surface area contributed by atoms with Crippen LogP contribution >= 0.6 is 11.6 Å². The molecule has 2 saturated carbocycles. The molecule has 2 aliphatic carbocycles. The molecule has 0 saturated heterocycles. The highest BCUT2D eigenvalue weighted by molar-refractivity contribution is 6.67. The van der Waals surface area contributed by atoms with Crippen molar-refractivity contribution in [2.75, 3.05) is 39.9 Å². The zero-order chi connectivity index (χ0) is 89.9. The molecule has 0 spiro atoms. The third-order valence-corrected chi connectivity index (χ3v) is 22.0. The van der Waals surface area contributed by atoms with Crippen molar-refractivity contribution in [3.63, 3.8) is 0 Å². The molecule has 2 aliphatic rings. The van der Waals surface area contributed by atoms with Crippen molar-refractivity contribution in [3.8, 4) is 102 Å². The summed E-state index contributed by atoms with van der Waals surface area (Å²) < 4.78 is 77.9. The molecule has 10 aromatic carbocycles. The minimum atomic E-state index is -0.389. The molecule has 7 aromatic heterocycles. The molecule has 0 aliphatic heterocycles. The van der Waals surface area contributed by atoms with Crippen molar-refractivity contribution in [2.45, 2.75) is 77.3 Å². The number of imidazole rings is 3. The largest absolute Gasteiger partial charge is 0.497 e. The monoisotopic (exact) mass is 1730 g/mol. The van der Waals surface area contributed by atoms with Crippen LogP contribution in [0.15, 0.2) is 267 Å². The van der Waals surface area contributed by atoms with Crippen molar-refractivity contribution < 1.29 is 50.9 Å². The van der Waals surface area contributed by atoms with E-state index < -0.39 is 0 Å². The number of nitrogens with two attached hydrogens (primary N) is 3. The Morgan fingerprint density at radius 3 is 1.13 bits per heavy atom. The number of methoxy groups -OCH3 is 4. The number of aldehydes is 1. The predicted octanol–water partition coefficient (Wildman–Crippen LogP) is 22.2. The Labute approximate surface area is 741 Å². The van der Waals surface area contributed by atoms with Crippen LogP contribution in [0.2, 0.25) is 0 Å². The highest BCUT2D eigenvalue weighted by Gasteiger charge is 2.26. The number of benzene rings is 10. The van der Waals surface area contributed by atoms with E-state index in [0.717, 1.165) is 90.5 Å². The van der Waals surface area contributed by atoms with Crippen LogP contribution in [0.1, 0.15) is 116 Å². The van der Waals surface area contributed by atoms with Gasteiger partial charge in [0, 0.05) is 105 Å². The first kappa shape index (κ1) is 89.1. The van der Waals surface area contributed by atoms with Gasteiger partial charge in [-0.1, -0.05) is 135 Å². The summed E-state index contributed by atoms with van der Waals surface area (Å²) in [5.41, 5.74) is 36.9. The summed E-state index contributed by atoms with van der Waals surface area (Å²) in [5, 5.41) is 2.45. The topological polar surface area (TPSA) is 316 Å². The number of nitrogens with one attached hydrogen (secondary N) is 4. The number of ether oxygens (including phenoxy) is 4. The first-order valence-electron chi connectivity index (χ1n) is 41.3. The van der Waals surface area contributed by atoms with Gasteiger partial charge >= 0.3 is 0 Å². The van der Waals surface area contributed by atoms with Crippen LogP contribution in [0.4, 0.5) is 29.1 Å². The van der Waals surface area contributed by atoms with Crippen molar-refractivity contribution in [3.05, 3.63) is 341 Å². The zero-order valence-corrected chi connectivity index (χ0v) is 71.7. The molecule has 128 heavy (non-hydrogen) atoms. The summed E-state index contributed by atoms with van der Waals surface area (Å²) >= 11 is 5.31. The first-order valence-corrected chi connectivity index (χ1v) is 41.7. The fourth-order valence-corrected chi connectivity index (χ4v) is 14.4. The smallest absolute Gasteiger partial charge is 0.252 e. The number of aryl methyl sites for hydroxylation is 2. The molecule has 19 rings (SSSR count). The number of H-pyrrole nitrogens is 3. The van der Waals surface area contributed by atoms with E-state index in [1.807, 2.05) is 172 Å². The Kier molecular flexibility index (Phi) is 28.9. The van der Waals surface area contributed by atoms with Crippen LogP contribution in [0.25, 0.3) is 112 Å². The number of rotatable bonds is 21. The van der Waals surface area contributed by atoms with Gasteiger partial charge in [0.25, 0.3) is 11.1 Å². The molecule has 10 N–H and O–H groups in total. The van der Waals surface area contributed by atoms with Crippen LogP contribution < -0.4 is 41.5 Å². The Balaban J connectivity index is 0.000000131. The van der Waals surface area contributed by atoms with Crippen molar-refractivity contribution >= 4 is 74.0 Å². The maximum atomic E-state index is 15.1. The number of carbonyl (C=O) groups is 3. The van der Waals surface area contributed by atoms with Gasteiger partial charge in [0.05, 0.1) is 50.7 Å². The number of amides is 1. The number of hydrogen-bond donors (Lipinski definition) is 7. The van der Waals surface area contributed by atoms with Crippen molar-refractivity contribution in [1.82, 2.24) is 55.2 Å². The minimum absolute atomic E-state index is 0.102. The average Bonchev–Trinajstić information content (AvgIpc) is 1.66. The maximum Gasteiger partial charge on any atom is 0.252 e. The van der Waals surface area contributed by atoms with E-state index in [1.165, 1.54) is 55.0 Å². The lowest BCUT2D eigenvalue weighted by Gasteiger charge is -2.09. The molecular formula is C102H91ClF4N14O7. The predicted molar refractivity (Wildman–Crippen MR) is 495 cm³/mol. The zero-order valence-electron chi connectivity index (χ0n) is 70.9. The van der Waals surface area contributed by atoms with E-state index in [9.17, 15) is 27.6 Å². The minimum Gasteiger partial charge on any atom is -0.497 e. The molecule has 17 aromatic rings. The maximum absolute atomic E-state index is 15.1. The number of fused-ring (bicyclic) bond motifs is 3. The van der Waals surface area contributed by atoms with Gasteiger partial charge in [-0.3, -0.25) is 14.4 Å². The normalized spacial score (nSPS) is 11.8. The van der Waals surface area contributed by atoms with E-state index in [4.69, 9.17) is 47.7 Å². The SMILES string of the molecule is CCc1ccc(-c2ccnc(N)c2N)cc1F.CCc1ccc(-c2ccnc3nc(-c4cccc(OC)c4)[nH]c23)cc1F.COc1cccc(-c2nc3nccc(-c4ccc(CN)c(F)c4)c3[nH]2)c1.COc1cccc(-c2nc3nccc(-c4ccc(CNC(=O)c5ccc(C6CC6)cc5)c(F)c4)c3[nH]2)c1.COc1cccc(C=O)c1.O=C(Cl)c1ccc(C2CC2)cc1. The highest BCUT2D eigenvalue weighted by atomic mass is 35.5. The molecule has 26 heteroatoms. The molecular weight excluding hydrogens is 1640 g/mol. The molecule has 0 atom stereocenters. The average molecular weight is 1740 g/mol. The van der Waals surface area contributed by atoms with Crippen molar-refractivity contribution in [1.29, 1.82) is 0 Å². The van der Waals surface area contributed by atoms with Crippen LogP contribution in [0, 0.1) is 23.3 Å². The second kappa shape index (κ2) is 41.5. The van der Waals surface area contributed by atoms with Gasteiger partial charge in [-0.15, -0.1) is 0 Å². The molecule has 2 fully saturated rings. The third kappa shape index (κ3) is 21.7. The molecule has 1 amide bonds. The summed E-state index contributed by atoms with van der Waals surface area (Å²) in [6.07, 6.45) is 13.7. The molecule has 646 valence electrons. The Morgan fingerprint density at radius 1 is 0.422 bits per heavy atom. The summed E-state index contributed by atoms with van der Waals surface area (Å²) in [7, 11) is 6.44. The van der Waals surface area contributed by atoms with Gasteiger partial charge in [0.15, 0.2) is 16.9 Å². The Bertz CT molecular complexity index is 6640. The van der Waals surface area contributed by atoms with Gasteiger partial charge < -0.3 is 56.4 Å². The summed E-state index contributed by atoms with van der Waals surface area (Å²) in [4.78, 5) is 74.1. The van der Waals surface area contributed by atoms with Crippen LogP contribution in [0.3, 0.4) is 0 Å². The fraction of sp³-hybridized carbons (Fsp3) is 0.157. The van der Waals surface area contributed by atoms with Gasteiger partial charge in [-0.2, -0.15) is 0 Å². The lowest BCUT2D eigenvalue weighted by atomic mass is 10.0. The van der Waals surface area contributed by atoms with Crippen LogP contribution in [-0.2, 0) is 25.9 Å². The quantitative estimate of drug-likeness (QED) is 0.0200. The molecule has 0 bridgehead atoms. The molecule has 21 nitrogen and oxygen atoms in total. The first-order chi connectivity index (χ1) is 62.2. The van der Waals surface area contributed by atoms with E-state index in [1.54, 1.807) is 120 Å². The number of aromatic nitrogens is 10. The van der Waals surface area contributed by atoms with Gasteiger partial charge in [0.1, 0.15) is 75.8 Å². The number of carbonyl (C=O) groups excluding carboxylic acids is 3. The number of anilines is 2. The number of nitrogens with zero attached hydrogens (tertiary/aromatic N) is 7. The van der Waals surface area contributed by atoms with E-state index >= 15 is 4.39 Å². The summed E-state index contributed by atoms with van der Waals surface area (Å²) in [6, 6.07) is 72.9. The number of aromatic amines is 3. The Morgan fingerprint density at radius 2 is 0.773 bits per heavy atom. The fourth-order valence-electron chi connectivity index (χ4n) is 14.3. The summed E-state index contributed by atoms with van der Waals surface area (Å²) in [6.45, 7) is 4.13. The second-order valence-corrected chi connectivity index (χ2v) is 30.4. The number of hydrogen-bond acceptors (Lipinski definition) is 17. The number of nitrogen functional groups attached to an aromatic ring is 2. The standard InChI is InChI=1S/C30H25FN4O2.C21H18FN3O.C20H17FN4O.C13H14FN3.C10H9ClO.C8H8O2/c1-37-24-4-2-3-22(15-24)28-34-27-25(13-14-32-29(27)35-28)21-11-12-23(26(31)16-21)17-33-30(36)20-9-7-19(8-10-20)18-5-6-18;1-3-13-7-8-14(12-18(13)22)17-9-10-23-21-19(17)24-20(25-21)15-5-4-6-16(11-15)26-2;1-26-15-4-2-3-13(9-15)19-24-18-16(7-8-23-20(18)25-19)12-5-6-14(11-22)17(21)10-12;1-2-8-3-4-9(7-11(8)14)10-5-6-17-13(16)12(10)15;11-10(12)9-5-3-8(4-6-9)7-1-2-7;1-10-8-4-2-3-7(5-8)6-9/h2-4,7-16,18H,5-6,17H2,1H3,(H,33,36)(H,32,34,35);4-12H,3H2,1-2H3,(H,23,24,25);2-10H,11,22H2,1H3,(H,23,24,25);3-7H,2,15H2,1H3,(H2,16,17);3-7H,1-2H2;2-6H,1H3. The van der Waals surface area contributed by atoms with Crippen LogP contribution in [-0.4, -0.2) is 95.7 Å². The Hall–Kier alpha value is -15.2. The molecule has 0 unspecified atom stereocenters. The molecule has 0 radical (unpaired) electrons. The van der Waals surface area contributed by atoms with Crippen LogP contribution in [0.5, 0.6) is 23.0 Å². The van der Waals surface area contributed by atoms with Gasteiger partial charge in [-0.25, -0.2) is 52.4 Å². The van der Waals surface area contributed by atoms with E-state index in [0.29, 0.717) is 120 Å². The lowest BCUT2D eigenvalue weighted by molar-refractivity contribution is 0.0949. The molecule has 7 heterocycles. The van der Waals surface area contributed by atoms with Crippen molar-refractivity contribution in [2.24, 2.45) is 5.73 Å². The summed E-state index contributed by atoms with van der Waals surface area (Å²) in [5.74, 6) is 5.28. The second-order valence-electron chi connectivity index (χ2n) is 30.1. The lowest BCUT2D eigenvalue weighted by Crippen LogP contribution is -2.23. The highest BCUT2D eigenvalue weighted by Crippen LogP contribution is 2.42. The van der Waals surface area contributed by atoms with E-state index in [2.05, 4.69) is 55.2 Å². The van der Waals surface area contributed by atoms with E-state index in [-0.39, 0.29) is 53.3 Å². The van der Waals surface area contributed by atoms with Gasteiger partial charge in [-0.05, 0) is 228 Å². The number of halogens is 5.